The van der Waals surface area contributed by atoms with Gasteiger partial charge in [-0.25, -0.2) is 4.39 Å². The molecule has 0 aliphatic heterocycles. The summed E-state index contributed by atoms with van der Waals surface area (Å²) < 4.78 is 14.9. The Balaban J connectivity index is 0.000000771. The van der Waals surface area contributed by atoms with Crippen LogP contribution in [-0.4, -0.2) is 9.78 Å². The van der Waals surface area contributed by atoms with Crippen molar-refractivity contribution in [1.82, 2.24) is 9.78 Å². The fourth-order valence-electron chi connectivity index (χ4n) is 1.18. The van der Waals surface area contributed by atoms with Gasteiger partial charge in [0.1, 0.15) is 10.3 Å². The molecule has 1 aromatic heterocycles. The van der Waals surface area contributed by atoms with Crippen molar-refractivity contribution in [3.8, 4) is 5.69 Å². The molecular weight excluding hydrogens is 367 g/mol. The lowest BCUT2D eigenvalue weighted by atomic mass is 10.3. The highest BCUT2D eigenvalue weighted by Crippen LogP contribution is 2.17. The molecule has 0 bridgehead atoms. The molecule has 0 radical (unpaired) electrons. The molecule has 6 heteroatoms. The van der Waals surface area contributed by atoms with Crippen LogP contribution >= 0.6 is 31.9 Å². The van der Waals surface area contributed by atoms with E-state index in [0.29, 0.717) is 14.6 Å². The summed E-state index contributed by atoms with van der Waals surface area (Å²) in [6.45, 7) is 4.00. The highest BCUT2D eigenvalue weighted by Gasteiger charge is 2.07. The quantitative estimate of drug-likeness (QED) is 0.754. The third kappa shape index (κ3) is 3.26. The summed E-state index contributed by atoms with van der Waals surface area (Å²) in [4.78, 5) is 11.8. The van der Waals surface area contributed by atoms with Crippen molar-refractivity contribution < 1.29 is 4.39 Å². The van der Waals surface area contributed by atoms with Crippen LogP contribution < -0.4 is 5.56 Å². The topological polar surface area (TPSA) is 34.9 Å². The first kappa shape index (κ1) is 15.0. The van der Waals surface area contributed by atoms with Gasteiger partial charge in [0.2, 0.25) is 0 Å². The van der Waals surface area contributed by atoms with Gasteiger partial charge in [0, 0.05) is 0 Å². The molecule has 0 spiro atoms. The molecule has 0 fully saturated rings. The fraction of sp³-hybridized carbons (Fsp3) is 0.167. The van der Waals surface area contributed by atoms with Gasteiger partial charge >= 0.3 is 0 Å². The predicted octanol–water partition coefficient (Wildman–Crippen LogP) is 3.92. The summed E-state index contributed by atoms with van der Waals surface area (Å²) in [5.41, 5.74) is 0.209. The zero-order chi connectivity index (χ0) is 13.7. The Morgan fingerprint density at radius 3 is 2.28 bits per heavy atom. The van der Waals surface area contributed by atoms with Crippen molar-refractivity contribution >= 4 is 31.9 Å². The third-order valence-electron chi connectivity index (χ3n) is 1.95. The highest BCUT2D eigenvalue weighted by atomic mass is 79.9. The lowest BCUT2D eigenvalue weighted by molar-refractivity contribution is 0.626. The molecule has 0 aliphatic rings. The SMILES string of the molecule is CC.O=c1c(Br)c(Br)cnn1-c1ccc(F)cc1. The molecule has 0 N–H and O–H groups in total. The van der Waals surface area contributed by atoms with Crippen molar-refractivity contribution in [3.05, 3.63) is 55.6 Å². The second-order valence-electron chi connectivity index (χ2n) is 3.00. The lowest BCUT2D eigenvalue weighted by Crippen LogP contribution is -2.21. The maximum atomic E-state index is 12.7. The van der Waals surface area contributed by atoms with E-state index in [1.807, 2.05) is 13.8 Å². The van der Waals surface area contributed by atoms with E-state index in [-0.39, 0.29) is 11.4 Å². The summed E-state index contributed by atoms with van der Waals surface area (Å²) in [7, 11) is 0. The number of hydrogen-bond donors (Lipinski definition) is 0. The maximum Gasteiger partial charge on any atom is 0.286 e. The Hall–Kier alpha value is -1.01. The molecule has 3 nitrogen and oxygen atoms in total. The van der Waals surface area contributed by atoms with E-state index in [1.165, 1.54) is 35.1 Å². The van der Waals surface area contributed by atoms with E-state index >= 15 is 0 Å². The fourth-order valence-corrected chi connectivity index (χ4v) is 1.71. The summed E-state index contributed by atoms with van der Waals surface area (Å²) in [5.74, 6) is -0.354. The largest absolute Gasteiger partial charge is 0.286 e. The summed E-state index contributed by atoms with van der Waals surface area (Å²) >= 11 is 6.33. The van der Waals surface area contributed by atoms with Crippen molar-refractivity contribution in [2.45, 2.75) is 13.8 Å². The smallest absolute Gasteiger partial charge is 0.266 e. The number of halogens is 3. The number of benzene rings is 1. The van der Waals surface area contributed by atoms with Crippen molar-refractivity contribution in [2.24, 2.45) is 0 Å². The van der Waals surface area contributed by atoms with Crippen LogP contribution in [0.25, 0.3) is 5.69 Å². The van der Waals surface area contributed by atoms with Crippen LogP contribution in [0.15, 0.2) is 44.2 Å². The molecule has 0 saturated heterocycles. The zero-order valence-electron chi connectivity index (χ0n) is 9.82. The first-order chi connectivity index (χ1) is 8.59. The summed E-state index contributed by atoms with van der Waals surface area (Å²) in [6.07, 6.45) is 1.49. The van der Waals surface area contributed by atoms with E-state index in [2.05, 4.69) is 37.0 Å². The van der Waals surface area contributed by atoms with Crippen LogP contribution in [0.4, 0.5) is 4.39 Å². The molecule has 1 aromatic carbocycles. The predicted molar refractivity (Wildman–Crippen MR) is 76.5 cm³/mol. The summed E-state index contributed by atoms with van der Waals surface area (Å²) in [5, 5.41) is 3.94. The average Bonchev–Trinajstić information content (AvgIpc) is 2.40. The highest BCUT2D eigenvalue weighted by molar-refractivity contribution is 9.13. The van der Waals surface area contributed by atoms with Gasteiger partial charge in [-0.3, -0.25) is 4.79 Å². The standard InChI is InChI=1S/C10H5Br2FN2O.C2H6/c11-8-5-14-15(10(16)9(8)12)7-3-1-6(13)2-4-7;1-2/h1-5H;1-2H3. The summed E-state index contributed by atoms with van der Waals surface area (Å²) in [6, 6.07) is 5.53. The Bertz CT molecular complexity index is 582. The van der Waals surface area contributed by atoms with Crippen molar-refractivity contribution in [1.29, 1.82) is 0 Å². The van der Waals surface area contributed by atoms with Gasteiger partial charge in [-0.15, -0.1) is 0 Å². The number of hydrogen-bond acceptors (Lipinski definition) is 2. The first-order valence-electron chi connectivity index (χ1n) is 5.29. The number of rotatable bonds is 1. The third-order valence-corrected chi connectivity index (χ3v) is 3.85. The van der Waals surface area contributed by atoms with Crippen LogP contribution in [0.3, 0.4) is 0 Å². The van der Waals surface area contributed by atoms with Gasteiger partial charge < -0.3 is 0 Å². The van der Waals surface area contributed by atoms with Gasteiger partial charge in [-0.1, -0.05) is 13.8 Å². The minimum absolute atomic E-state index is 0.305. The molecule has 0 saturated carbocycles. The molecule has 2 rings (SSSR count). The molecule has 96 valence electrons. The number of aromatic nitrogens is 2. The van der Waals surface area contributed by atoms with E-state index < -0.39 is 0 Å². The second kappa shape index (κ2) is 6.80. The minimum atomic E-state index is -0.354. The van der Waals surface area contributed by atoms with Gasteiger partial charge in [-0.2, -0.15) is 9.78 Å². The van der Waals surface area contributed by atoms with Crippen LogP contribution in [0.1, 0.15) is 13.8 Å². The van der Waals surface area contributed by atoms with Crippen LogP contribution in [0.5, 0.6) is 0 Å². The molecule has 0 unspecified atom stereocenters. The molecule has 1 heterocycles. The average molecular weight is 378 g/mol. The molecule has 0 aliphatic carbocycles. The molecule has 2 aromatic rings. The maximum absolute atomic E-state index is 12.7. The Kier molecular flexibility index (Phi) is 5.68. The molecular formula is C12H11Br2FN2O. The van der Waals surface area contributed by atoms with E-state index in [0.717, 1.165) is 0 Å². The molecule has 0 atom stereocenters. The van der Waals surface area contributed by atoms with E-state index in [1.54, 1.807) is 0 Å². The van der Waals surface area contributed by atoms with Crippen molar-refractivity contribution in [3.63, 3.8) is 0 Å². The van der Waals surface area contributed by atoms with Gasteiger partial charge in [-0.05, 0) is 56.1 Å². The monoisotopic (exact) mass is 376 g/mol. The minimum Gasteiger partial charge on any atom is -0.266 e. The molecule has 0 amide bonds. The second-order valence-corrected chi connectivity index (χ2v) is 4.65. The van der Waals surface area contributed by atoms with Crippen molar-refractivity contribution in [2.75, 3.05) is 0 Å². The normalized spacial score (nSPS) is 9.61. The van der Waals surface area contributed by atoms with Crippen LogP contribution in [-0.2, 0) is 0 Å². The Labute approximate surface area is 121 Å². The van der Waals surface area contributed by atoms with E-state index in [4.69, 9.17) is 0 Å². The lowest BCUT2D eigenvalue weighted by Gasteiger charge is -2.05. The first-order valence-corrected chi connectivity index (χ1v) is 6.87. The van der Waals surface area contributed by atoms with Gasteiger partial charge in [0.05, 0.1) is 16.4 Å². The van der Waals surface area contributed by atoms with E-state index in [9.17, 15) is 9.18 Å². The van der Waals surface area contributed by atoms with Gasteiger partial charge in [0.25, 0.3) is 5.56 Å². The van der Waals surface area contributed by atoms with Crippen LogP contribution in [0, 0.1) is 5.82 Å². The Morgan fingerprint density at radius 2 is 1.72 bits per heavy atom. The van der Waals surface area contributed by atoms with Crippen LogP contribution in [0.2, 0.25) is 0 Å². The zero-order valence-corrected chi connectivity index (χ0v) is 13.0. The van der Waals surface area contributed by atoms with Gasteiger partial charge in [0.15, 0.2) is 0 Å². The Morgan fingerprint density at radius 1 is 1.17 bits per heavy atom. The molecule has 18 heavy (non-hydrogen) atoms. The number of nitrogens with zero attached hydrogens (tertiary/aromatic N) is 2.